The molecule has 1 atom stereocenters. The summed E-state index contributed by atoms with van der Waals surface area (Å²) in [5, 5.41) is 2.64. The van der Waals surface area contributed by atoms with Crippen LogP contribution in [-0.2, 0) is 19.1 Å². The number of hydrogen-bond acceptors (Lipinski definition) is 6. The number of carbonyl (C=O) groups is 3. The van der Waals surface area contributed by atoms with E-state index in [0.717, 1.165) is 0 Å². The van der Waals surface area contributed by atoms with Crippen molar-refractivity contribution in [2.75, 3.05) is 37.1 Å². The lowest BCUT2D eigenvalue weighted by Gasteiger charge is -2.17. The lowest BCUT2D eigenvalue weighted by Crippen LogP contribution is -2.28. The molecule has 158 valence electrons. The average molecular weight is 412 g/mol. The molecule has 8 nitrogen and oxygen atoms in total. The fourth-order valence-corrected chi connectivity index (χ4v) is 3.13. The number of nitrogens with one attached hydrogen (secondary N) is 1. The first-order chi connectivity index (χ1) is 14.5. The SMILES string of the molecule is CCOc1ccc(N2C[C@@H](C(=O)OCC(=O)Nc3ccc(OC)cc3)CC2=O)cc1. The maximum Gasteiger partial charge on any atom is 0.311 e. The van der Waals surface area contributed by atoms with Gasteiger partial charge in [0, 0.05) is 24.3 Å². The second kappa shape index (κ2) is 9.78. The quantitative estimate of drug-likeness (QED) is 0.670. The molecule has 0 saturated carbocycles. The highest BCUT2D eigenvalue weighted by molar-refractivity contribution is 6.00. The zero-order valence-electron chi connectivity index (χ0n) is 16.9. The number of anilines is 2. The number of carbonyl (C=O) groups excluding carboxylic acids is 3. The van der Waals surface area contributed by atoms with Crippen LogP contribution < -0.4 is 19.7 Å². The molecule has 0 bridgehead atoms. The Morgan fingerprint density at radius 2 is 1.73 bits per heavy atom. The van der Waals surface area contributed by atoms with Gasteiger partial charge in [0.2, 0.25) is 5.91 Å². The Labute approximate surface area is 174 Å². The van der Waals surface area contributed by atoms with E-state index in [4.69, 9.17) is 14.2 Å². The molecule has 0 radical (unpaired) electrons. The van der Waals surface area contributed by atoms with Crippen LogP contribution in [0.5, 0.6) is 11.5 Å². The summed E-state index contributed by atoms with van der Waals surface area (Å²) in [4.78, 5) is 38.2. The van der Waals surface area contributed by atoms with Crippen LogP contribution in [0, 0.1) is 5.92 Å². The molecular formula is C22H24N2O6. The number of nitrogens with zero attached hydrogens (tertiary/aromatic N) is 1. The minimum Gasteiger partial charge on any atom is -0.497 e. The van der Waals surface area contributed by atoms with Crippen molar-refractivity contribution in [3.05, 3.63) is 48.5 Å². The van der Waals surface area contributed by atoms with Crippen molar-refractivity contribution in [2.45, 2.75) is 13.3 Å². The lowest BCUT2D eigenvalue weighted by atomic mass is 10.1. The van der Waals surface area contributed by atoms with E-state index < -0.39 is 24.4 Å². The monoisotopic (exact) mass is 412 g/mol. The number of rotatable bonds is 8. The fraction of sp³-hybridized carbons (Fsp3) is 0.318. The summed E-state index contributed by atoms with van der Waals surface area (Å²) in [7, 11) is 1.55. The summed E-state index contributed by atoms with van der Waals surface area (Å²) in [5.41, 5.74) is 1.26. The summed E-state index contributed by atoms with van der Waals surface area (Å²) in [6.07, 6.45) is 0.0478. The molecule has 2 aromatic rings. The van der Waals surface area contributed by atoms with E-state index in [1.54, 1.807) is 60.5 Å². The van der Waals surface area contributed by atoms with Crippen molar-refractivity contribution in [1.29, 1.82) is 0 Å². The van der Waals surface area contributed by atoms with Gasteiger partial charge < -0.3 is 24.4 Å². The van der Waals surface area contributed by atoms with Gasteiger partial charge in [0.05, 0.1) is 19.6 Å². The first-order valence-corrected chi connectivity index (χ1v) is 9.64. The Morgan fingerprint density at radius 3 is 2.37 bits per heavy atom. The van der Waals surface area contributed by atoms with Crippen LogP contribution in [-0.4, -0.2) is 44.7 Å². The fourth-order valence-electron chi connectivity index (χ4n) is 3.13. The molecule has 1 N–H and O–H groups in total. The van der Waals surface area contributed by atoms with Gasteiger partial charge in [-0.3, -0.25) is 14.4 Å². The normalized spacial score (nSPS) is 15.6. The minimum absolute atomic E-state index is 0.0478. The molecule has 1 saturated heterocycles. The molecule has 2 aromatic carbocycles. The van der Waals surface area contributed by atoms with Crippen molar-refractivity contribution in [3.63, 3.8) is 0 Å². The summed E-state index contributed by atoms with van der Waals surface area (Å²) in [5.74, 6) is -0.418. The number of amides is 2. The van der Waals surface area contributed by atoms with Gasteiger partial charge in [-0.1, -0.05) is 0 Å². The average Bonchev–Trinajstić information content (AvgIpc) is 3.15. The van der Waals surface area contributed by atoms with E-state index in [0.29, 0.717) is 29.5 Å². The standard InChI is InChI=1S/C22H24N2O6/c1-3-29-19-10-6-17(7-11-19)24-13-15(12-21(24)26)22(27)30-14-20(25)23-16-4-8-18(28-2)9-5-16/h4-11,15H,3,12-14H2,1-2H3,(H,23,25)/t15-/m0/s1. The van der Waals surface area contributed by atoms with E-state index in [9.17, 15) is 14.4 Å². The predicted octanol–water partition coefficient (Wildman–Crippen LogP) is 2.63. The number of hydrogen-bond donors (Lipinski definition) is 1. The van der Waals surface area contributed by atoms with E-state index in [1.165, 1.54) is 0 Å². The molecule has 0 unspecified atom stereocenters. The van der Waals surface area contributed by atoms with E-state index in [2.05, 4.69) is 5.32 Å². The van der Waals surface area contributed by atoms with Gasteiger partial charge in [0.15, 0.2) is 6.61 Å². The molecule has 1 aliphatic rings. The number of esters is 1. The molecule has 30 heavy (non-hydrogen) atoms. The van der Waals surface area contributed by atoms with Crippen LogP contribution in [0.4, 0.5) is 11.4 Å². The van der Waals surface area contributed by atoms with Gasteiger partial charge in [0.25, 0.3) is 5.91 Å². The van der Waals surface area contributed by atoms with Gasteiger partial charge in [-0.15, -0.1) is 0 Å². The molecule has 1 aliphatic heterocycles. The van der Waals surface area contributed by atoms with Crippen molar-refractivity contribution >= 4 is 29.2 Å². The van der Waals surface area contributed by atoms with E-state index in [-0.39, 0.29) is 18.9 Å². The Bertz CT molecular complexity index is 895. The molecule has 1 fully saturated rings. The number of ether oxygens (including phenoxy) is 3. The van der Waals surface area contributed by atoms with Crippen LogP contribution >= 0.6 is 0 Å². The van der Waals surface area contributed by atoms with Gasteiger partial charge in [-0.2, -0.15) is 0 Å². The summed E-state index contributed by atoms with van der Waals surface area (Å²) < 4.78 is 15.6. The number of benzene rings is 2. The van der Waals surface area contributed by atoms with Gasteiger partial charge in [-0.05, 0) is 55.5 Å². The smallest absolute Gasteiger partial charge is 0.311 e. The van der Waals surface area contributed by atoms with E-state index >= 15 is 0 Å². The highest BCUT2D eigenvalue weighted by Crippen LogP contribution is 2.27. The number of methoxy groups -OCH3 is 1. The highest BCUT2D eigenvalue weighted by atomic mass is 16.5. The van der Waals surface area contributed by atoms with Crippen LogP contribution in [0.3, 0.4) is 0 Å². The molecule has 1 heterocycles. The maximum atomic E-state index is 12.3. The first kappa shape index (κ1) is 21.2. The zero-order valence-corrected chi connectivity index (χ0v) is 16.9. The van der Waals surface area contributed by atoms with Crippen molar-refractivity contribution < 1.29 is 28.6 Å². The second-order valence-electron chi connectivity index (χ2n) is 6.72. The molecular weight excluding hydrogens is 388 g/mol. The largest absolute Gasteiger partial charge is 0.497 e. The third kappa shape index (κ3) is 5.28. The summed E-state index contributed by atoms with van der Waals surface area (Å²) in [6.45, 7) is 2.25. The predicted molar refractivity (Wildman–Crippen MR) is 111 cm³/mol. The lowest BCUT2D eigenvalue weighted by molar-refractivity contribution is -0.151. The van der Waals surface area contributed by atoms with Gasteiger partial charge in [-0.25, -0.2) is 0 Å². The molecule has 2 amide bonds. The second-order valence-corrected chi connectivity index (χ2v) is 6.72. The minimum atomic E-state index is -0.613. The molecule has 3 rings (SSSR count). The molecule has 8 heteroatoms. The molecule has 0 aliphatic carbocycles. The highest BCUT2D eigenvalue weighted by Gasteiger charge is 2.36. The Kier molecular flexibility index (Phi) is 6.90. The third-order valence-electron chi connectivity index (χ3n) is 4.64. The van der Waals surface area contributed by atoms with Crippen LogP contribution in [0.2, 0.25) is 0 Å². The summed E-state index contributed by atoms with van der Waals surface area (Å²) in [6, 6.07) is 13.9. The van der Waals surface area contributed by atoms with Gasteiger partial charge >= 0.3 is 5.97 Å². The van der Waals surface area contributed by atoms with Crippen molar-refractivity contribution in [2.24, 2.45) is 5.92 Å². The Hall–Kier alpha value is -3.55. The zero-order chi connectivity index (χ0) is 21.5. The Balaban J connectivity index is 1.49. The van der Waals surface area contributed by atoms with E-state index in [1.807, 2.05) is 6.92 Å². The molecule has 0 aromatic heterocycles. The summed E-state index contributed by atoms with van der Waals surface area (Å²) >= 11 is 0. The topological polar surface area (TPSA) is 94.2 Å². The van der Waals surface area contributed by atoms with Crippen molar-refractivity contribution in [3.8, 4) is 11.5 Å². The van der Waals surface area contributed by atoms with Crippen LogP contribution in [0.15, 0.2) is 48.5 Å². The van der Waals surface area contributed by atoms with Gasteiger partial charge in [0.1, 0.15) is 11.5 Å². The maximum absolute atomic E-state index is 12.3. The Morgan fingerprint density at radius 1 is 1.07 bits per heavy atom. The van der Waals surface area contributed by atoms with Crippen LogP contribution in [0.25, 0.3) is 0 Å². The van der Waals surface area contributed by atoms with Crippen LogP contribution in [0.1, 0.15) is 13.3 Å². The molecule has 0 spiro atoms. The first-order valence-electron chi connectivity index (χ1n) is 9.64. The third-order valence-corrected chi connectivity index (χ3v) is 4.64. The van der Waals surface area contributed by atoms with Crippen molar-refractivity contribution in [1.82, 2.24) is 0 Å².